The fourth-order valence-electron chi connectivity index (χ4n) is 1.67. The fourth-order valence-corrected chi connectivity index (χ4v) is 1.96. The number of hydrogen-bond acceptors (Lipinski definition) is 4. The maximum absolute atomic E-state index is 12.0. The standard InChI is InChI=1S/C11H15N3OS/c15-11(10-4-2-1-3-5-10)14(16)13-8-6-12-7-9-13/h1-5,12,16H,6-9H2. The summed E-state index contributed by atoms with van der Waals surface area (Å²) < 4.78 is 1.41. The van der Waals surface area contributed by atoms with Gasteiger partial charge in [0.15, 0.2) is 0 Å². The Labute approximate surface area is 101 Å². The number of piperazine rings is 1. The Balaban J connectivity index is 2.04. The minimum Gasteiger partial charge on any atom is -0.314 e. The number of carbonyl (C=O) groups excluding carboxylic acids is 1. The molecule has 1 aromatic carbocycles. The second-order valence-corrected chi connectivity index (χ2v) is 4.04. The lowest BCUT2D eigenvalue weighted by Gasteiger charge is -2.33. The number of carbonyl (C=O) groups is 1. The van der Waals surface area contributed by atoms with Gasteiger partial charge in [0.1, 0.15) is 0 Å². The first-order valence-electron chi connectivity index (χ1n) is 5.33. The second kappa shape index (κ2) is 5.34. The zero-order chi connectivity index (χ0) is 11.4. The average molecular weight is 237 g/mol. The van der Waals surface area contributed by atoms with Crippen molar-refractivity contribution in [1.82, 2.24) is 14.7 Å². The van der Waals surface area contributed by atoms with Crippen LogP contribution in [0, 0.1) is 0 Å². The largest absolute Gasteiger partial charge is 0.314 e. The molecule has 1 saturated heterocycles. The van der Waals surface area contributed by atoms with E-state index in [1.54, 1.807) is 12.1 Å². The first-order valence-corrected chi connectivity index (χ1v) is 5.73. The van der Waals surface area contributed by atoms with Gasteiger partial charge in [-0.1, -0.05) is 18.2 Å². The number of amides is 1. The topological polar surface area (TPSA) is 35.6 Å². The third-order valence-electron chi connectivity index (χ3n) is 2.56. The fraction of sp³-hybridized carbons (Fsp3) is 0.364. The van der Waals surface area contributed by atoms with Crippen molar-refractivity contribution in [2.24, 2.45) is 0 Å². The average Bonchev–Trinajstić information content (AvgIpc) is 2.39. The van der Waals surface area contributed by atoms with Crippen LogP contribution < -0.4 is 5.32 Å². The minimum absolute atomic E-state index is 0.0779. The zero-order valence-corrected chi connectivity index (χ0v) is 9.86. The van der Waals surface area contributed by atoms with E-state index >= 15 is 0 Å². The molecule has 0 spiro atoms. The number of nitrogens with zero attached hydrogens (tertiary/aromatic N) is 2. The van der Waals surface area contributed by atoms with Gasteiger partial charge in [-0.2, -0.15) is 0 Å². The maximum Gasteiger partial charge on any atom is 0.278 e. The van der Waals surface area contributed by atoms with Crippen LogP contribution in [-0.2, 0) is 0 Å². The van der Waals surface area contributed by atoms with Crippen LogP contribution in [0.15, 0.2) is 30.3 Å². The monoisotopic (exact) mass is 237 g/mol. The molecule has 0 radical (unpaired) electrons. The van der Waals surface area contributed by atoms with Crippen LogP contribution in [0.3, 0.4) is 0 Å². The molecule has 16 heavy (non-hydrogen) atoms. The van der Waals surface area contributed by atoms with Gasteiger partial charge in [0, 0.05) is 31.7 Å². The maximum atomic E-state index is 12.0. The molecule has 1 aromatic rings. The predicted molar refractivity (Wildman–Crippen MR) is 66.0 cm³/mol. The van der Waals surface area contributed by atoms with Crippen LogP contribution in [0.25, 0.3) is 0 Å². The van der Waals surface area contributed by atoms with Crippen molar-refractivity contribution in [2.75, 3.05) is 26.2 Å². The van der Waals surface area contributed by atoms with Gasteiger partial charge in [-0.05, 0) is 24.9 Å². The number of rotatable bonds is 2. The van der Waals surface area contributed by atoms with E-state index in [-0.39, 0.29) is 5.91 Å². The molecule has 0 bridgehead atoms. The van der Waals surface area contributed by atoms with Gasteiger partial charge in [-0.3, -0.25) is 4.79 Å². The van der Waals surface area contributed by atoms with Crippen molar-refractivity contribution < 1.29 is 4.79 Å². The van der Waals surface area contributed by atoms with E-state index in [1.807, 2.05) is 23.2 Å². The van der Waals surface area contributed by atoms with E-state index < -0.39 is 0 Å². The smallest absolute Gasteiger partial charge is 0.278 e. The Kier molecular flexibility index (Phi) is 3.82. The quantitative estimate of drug-likeness (QED) is 0.747. The SMILES string of the molecule is O=C(c1ccccc1)N(S)N1CCNCC1. The van der Waals surface area contributed by atoms with E-state index in [2.05, 4.69) is 18.1 Å². The summed E-state index contributed by atoms with van der Waals surface area (Å²) in [7, 11) is 0. The highest BCUT2D eigenvalue weighted by molar-refractivity contribution is 7.78. The lowest BCUT2D eigenvalue weighted by atomic mass is 10.2. The molecular weight excluding hydrogens is 222 g/mol. The first kappa shape index (κ1) is 11.4. The lowest BCUT2D eigenvalue weighted by molar-refractivity contribution is 0.0387. The Bertz CT molecular complexity index is 352. The molecule has 1 heterocycles. The Morgan fingerprint density at radius 3 is 2.50 bits per heavy atom. The lowest BCUT2D eigenvalue weighted by Crippen LogP contribution is -2.50. The van der Waals surface area contributed by atoms with Crippen LogP contribution in [0.4, 0.5) is 0 Å². The van der Waals surface area contributed by atoms with E-state index in [0.29, 0.717) is 5.56 Å². The number of benzene rings is 1. The molecule has 1 aliphatic heterocycles. The summed E-state index contributed by atoms with van der Waals surface area (Å²) in [6, 6.07) is 9.20. The zero-order valence-electron chi connectivity index (χ0n) is 8.97. The molecule has 86 valence electrons. The molecule has 0 saturated carbocycles. The molecule has 5 heteroatoms. The minimum atomic E-state index is -0.0779. The van der Waals surface area contributed by atoms with Crippen LogP contribution in [0.2, 0.25) is 0 Å². The molecule has 1 amide bonds. The van der Waals surface area contributed by atoms with Gasteiger partial charge >= 0.3 is 0 Å². The van der Waals surface area contributed by atoms with Crippen LogP contribution >= 0.6 is 12.8 Å². The van der Waals surface area contributed by atoms with Crippen molar-refractivity contribution in [3.05, 3.63) is 35.9 Å². The summed E-state index contributed by atoms with van der Waals surface area (Å²) in [5.41, 5.74) is 0.663. The van der Waals surface area contributed by atoms with E-state index in [4.69, 9.17) is 0 Å². The van der Waals surface area contributed by atoms with Crippen molar-refractivity contribution in [3.63, 3.8) is 0 Å². The Morgan fingerprint density at radius 1 is 1.25 bits per heavy atom. The summed E-state index contributed by atoms with van der Waals surface area (Å²) >= 11 is 4.26. The van der Waals surface area contributed by atoms with E-state index in [1.165, 1.54) is 4.41 Å². The number of hydrogen-bond donors (Lipinski definition) is 2. The van der Waals surface area contributed by atoms with Gasteiger partial charge in [0.05, 0.1) is 0 Å². The molecule has 1 N–H and O–H groups in total. The third-order valence-corrected chi connectivity index (χ3v) is 3.00. The van der Waals surface area contributed by atoms with E-state index in [0.717, 1.165) is 26.2 Å². The van der Waals surface area contributed by atoms with Gasteiger partial charge in [0.2, 0.25) is 0 Å². The van der Waals surface area contributed by atoms with Crippen molar-refractivity contribution >= 4 is 18.7 Å². The highest BCUT2D eigenvalue weighted by Gasteiger charge is 2.21. The van der Waals surface area contributed by atoms with Gasteiger partial charge in [-0.15, -0.1) is 0 Å². The summed E-state index contributed by atoms with van der Waals surface area (Å²) in [4.78, 5) is 12.0. The number of thiol groups is 1. The summed E-state index contributed by atoms with van der Waals surface area (Å²) in [6.07, 6.45) is 0. The molecule has 1 aliphatic rings. The molecule has 0 unspecified atom stereocenters. The molecular formula is C11H15N3OS. The van der Waals surface area contributed by atoms with Gasteiger partial charge in [-0.25, -0.2) is 9.42 Å². The Morgan fingerprint density at radius 2 is 1.88 bits per heavy atom. The molecule has 2 rings (SSSR count). The summed E-state index contributed by atoms with van der Waals surface area (Å²) in [5, 5.41) is 5.17. The normalized spacial score (nSPS) is 17.1. The van der Waals surface area contributed by atoms with Crippen molar-refractivity contribution in [1.29, 1.82) is 0 Å². The van der Waals surface area contributed by atoms with Crippen molar-refractivity contribution in [2.45, 2.75) is 0 Å². The molecule has 0 aromatic heterocycles. The number of hydrazine groups is 1. The van der Waals surface area contributed by atoms with Gasteiger partial charge < -0.3 is 5.32 Å². The molecule has 1 fully saturated rings. The van der Waals surface area contributed by atoms with E-state index in [9.17, 15) is 4.79 Å². The first-order chi connectivity index (χ1) is 7.79. The molecule has 4 nitrogen and oxygen atoms in total. The Hall–Kier alpha value is -1.04. The second-order valence-electron chi connectivity index (χ2n) is 3.66. The molecule has 0 aliphatic carbocycles. The molecule has 0 atom stereocenters. The van der Waals surface area contributed by atoms with Crippen LogP contribution in [0.5, 0.6) is 0 Å². The summed E-state index contributed by atoms with van der Waals surface area (Å²) in [5.74, 6) is -0.0779. The highest BCUT2D eigenvalue weighted by atomic mass is 32.1. The number of nitrogens with one attached hydrogen (secondary N) is 1. The van der Waals surface area contributed by atoms with Gasteiger partial charge in [0.25, 0.3) is 5.91 Å². The van der Waals surface area contributed by atoms with Crippen molar-refractivity contribution in [3.8, 4) is 0 Å². The third kappa shape index (κ3) is 2.55. The highest BCUT2D eigenvalue weighted by Crippen LogP contribution is 2.10. The van der Waals surface area contributed by atoms with Crippen LogP contribution in [0.1, 0.15) is 10.4 Å². The predicted octanol–water partition coefficient (Wildman–Crippen LogP) is 0.794. The summed E-state index contributed by atoms with van der Waals surface area (Å²) in [6.45, 7) is 3.39. The van der Waals surface area contributed by atoms with Crippen LogP contribution in [-0.4, -0.2) is 41.5 Å².